The van der Waals surface area contributed by atoms with E-state index in [1.54, 1.807) is 24.3 Å². The zero-order valence-electron chi connectivity index (χ0n) is 16.0. The van der Waals surface area contributed by atoms with Gasteiger partial charge in [-0.15, -0.1) is 5.10 Å². The van der Waals surface area contributed by atoms with E-state index in [-0.39, 0.29) is 11.9 Å². The Balaban J connectivity index is 1.35. The first kappa shape index (κ1) is 18.3. The molecule has 0 aliphatic heterocycles. The molecule has 7 heteroatoms. The van der Waals surface area contributed by atoms with E-state index in [4.69, 9.17) is 11.6 Å². The second-order valence-corrected chi connectivity index (χ2v) is 8.41. The van der Waals surface area contributed by atoms with Gasteiger partial charge in [-0.1, -0.05) is 23.7 Å². The van der Waals surface area contributed by atoms with E-state index in [1.165, 1.54) is 0 Å². The summed E-state index contributed by atoms with van der Waals surface area (Å²) in [5.74, 6) is 2.83. The number of rotatable bonds is 6. The fourth-order valence-corrected chi connectivity index (χ4v) is 4.78. The van der Waals surface area contributed by atoms with Crippen molar-refractivity contribution in [2.24, 2.45) is 17.8 Å². The predicted molar refractivity (Wildman–Crippen MR) is 106 cm³/mol. The number of carbonyl (C=O) groups excluding carboxylic acids is 1. The van der Waals surface area contributed by atoms with Crippen LogP contribution in [-0.4, -0.2) is 41.0 Å². The van der Waals surface area contributed by atoms with Crippen LogP contribution in [0.2, 0.25) is 5.02 Å². The van der Waals surface area contributed by atoms with Crippen molar-refractivity contribution in [1.29, 1.82) is 0 Å². The number of carbonyl (C=O) groups is 1. The van der Waals surface area contributed by atoms with Crippen LogP contribution in [0, 0.1) is 17.8 Å². The first-order valence-corrected chi connectivity index (χ1v) is 10.0. The molecule has 4 rings (SSSR count). The number of benzene rings is 1. The topological polar surface area (TPSA) is 63.1 Å². The minimum absolute atomic E-state index is 0.00746. The monoisotopic (exact) mass is 387 g/mol. The maximum absolute atomic E-state index is 12.5. The first-order valence-electron chi connectivity index (χ1n) is 9.63. The van der Waals surface area contributed by atoms with Crippen LogP contribution in [0.1, 0.15) is 42.6 Å². The average Bonchev–Trinajstić information content (AvgIpc) is 3.05. The summed E-state index contributed by atoms with van der Waals surface area (Å²) in [4.78, 5) is 14.5. The number of anilines is 1. The standard InChI is InChI=1S/C20H26ClN5O/c1-4-17(22-20(27)12-5-7-13(21)8-6-12)19-15-9-14(10-16(15)19)26-11-18(23-24-26)25(2)3/h5-8,11,14-17,19H,4,9-10H2,1-3H3,(H,22,27)/t14?,15-,16+,17?,19?. The minimum atomic E-state index is -0.00746. The normalized spacial score (nSPS) is 27.1. The Kier molecular flexibility index (Phi) is 4.84. The Hall–Kier alpha value is -2.08. The molecule has 2 fully saturated rings. The lowest BCUT2D eigenvalue weighted by Gasteiger charge is -2.21. The van der Waals surface area contributed by atoms with Crippen LogP contribution in [0.15, 0.2) is 30.5 Å². The lowest BCUT2D eigenvalue weighted by molar-refractivity contribution is 0.0926. The number of nitrogens with one attached hydrogen (secondary N) is 1. The third-order valence-electron chi connectivity index (χ3n) is 6.14. The van der Waals surface area contributed by atoms with Gasteiger partial charge in [0, 0.05) is 30.7 Å². The van der Waals surface area contributed by atoms with Gasteiger partial charge in [0.05, 0.1) is 12.2 Å². The lowest BCUT2D eigenvalue weighted by atomic mass is 9.99. The number of fused-ring (bicyclic) bond motifs is 1. The molecule has 1 heterocycles. The zero-order valence-corrected chi connectivity index (χ0v) is 16.7. The van der Waals surface area contributed by atoms with Gasteiger partial charge in [0.15, 0.2) is 5.82 Å². The summed E-state index contributed by atoms with van der Waals surface area (Å²) in [6.07, 6.45) is 5.23. The van der Waals surface area contributed by atoms with Crippen LogP contribution < -0.4 is 10.2 Å². The van der Waals surface area contributed by atoms with Crippen molar-refractivity contribution in [1.82, 2.24) is 20.3 Å². The first-order chi connectivity index (χ1) is 13.0. The Morgan fingerprint density at radius 1 is 1.30 bits per heavy atom. The molecule has 2 aromatic rings. The minimum Gasteiger partial charge on any atom is -0.360 e. The summed E-state index contributed by atoms with van der Waals surface area (Å²) in [5.41, 5.74) is 0.667. The van der Waals surface area contributed by atoms with Crippen LogP contribution in [0.3, 0.4) is 0 Å². The summed E-state index contributed by atoms with van der Waals surface area (Å²) in [6.45, 7) is 2.15. The number of hydrogen-bond acceptors (Lipinski definition) is 4. The molecule has 1 aromatic carbocycles. The molecule has 5 atom stereocenters. The van der Waals surface area contributed by atoms with Crippen molar-refractivity contribution in [3.8, 4) is 0 Å². The van der Waals surface area contributed by atoms with Crippen LogP contribution in [0.4, 0.5) is 5.82 Å². The molecule has 27 heavy (non-hydrogen) atoms. The highest BCUT2D eigenvalue weighted by molar-refractivity contribution is 6.30. The van der Waals surface area contributed by atoms with Gasteiger partial charge in [0.25, 0.3) is 5.91 Å². The SMILES string of the molecule is CCC(NC(=O)c1ccc(Cl)cc1)C1[C@H]2CC(n3cc(N(C)C)nn3)C[C@@H]12. The Labute approximate surface area is 164 Å². The average molecular weight is 388 g/mol. The molecule has 2 aliphatic rings. The molecule has 1 aromatic heterocycles. The largest absolute Gasteiger partial charge is 0.360 e. The fourth-order valence-electron chi connectivity index (χ4n) is 4.65. The quantitative estimate of drug-likeness (QED) is 0.825. The molecule has 0 bridgehead atoms. The third kappa shape index (κ3) is 3.55. The highest BCUT2D eigenvalue weighted by atomic mass is 35.5. The molecule has 1 N–H and O–H groups in total. The summed E-state index contributed by atoms with van der Waals surface area (Å²) >= 11 is 5.91. The smallest absolute Gasteiger partial charge is 0.251 e. The van der Waals surface area contributed by atoms with Crippen molar-refractivity contribution in [2.75, 3.05) is 19.0 Å². The summed E-state index contributed by atoms with van der Waals surface area (Å²) in [5, 5.41) is 12.4. The van der Waals surface area contributed by atoms with Crippen molar-refractivity contribution in [3.05, 3.63) is 41.0 Å². The maximum Gasteiger partial charge on any atom is 0.251 e. The summed E-state index contributed by atoms with van der Waals surface area (Å²) in [7, 11) is 3.96. The number of amides is 1. The Morgan fingerprint density at radius 2 is 1.96 bits per heavy atom. The van der Waals surface area contributed by atoms with E-state index in [1.807, 2.05) is 29.9 Å². The van der Waals surface area contributed by atoms with Gasteiger partial charge in [0.2, 0.25) is 0 Å². The van der Waals surface area contributed by atoms with Crippen LogP contribution in [-0.2, 0) is 0 Å². The predicted octanol–water partition coefficient (Wildman–Crippen LogP) is 3.40. The zero-order chi connectivity index (χ0) is 19.1. The van der Waals surface area contributed by atoms with Crippen LogP contribution in [0.25, 0.3) is 0 Å². The summed E-state index contributed by atoms with van der Waals surface area (Å²) in [6, 6.07) is 7.74. The van der Waals surface area contributed by atoms with Crippen LogP contribution >= 0.6 is 11.6 Å². The lowest BCUT2D eigenvalue weighted by Crippen LogP contribution is -2.37. The summed E-state index contributed by atoms with van der Waals surface area (Å²) < 4.78 is 2.02. The molecule has 0 spiro atoms. The number of hydrogen-bond donors (Lipinski definition) is 1. The van der Waals surface area contributed by atoms with Gasteiger partial charge in [-0.05, 0) is 61.3 Å². The molecule has 2 aliphatic carbocycles. The van der Waals surface area contributed by atoms with E-state index >= 15 is 0 Å². The van der Waals surface area contributed by atoms with Crippen LogP contribution in [0.5, 0.6) is 0 Å². The molecule has 0 saturated heterocycles. The molecule has 3 unspecified atom stereocenters. The van der Waals surface area contributed by atoms with Gasteiger partial charge in [-0.2, -0.15) is 0 Å². The molecule has 1 amide bonds. The van der Waals surface area contributed by atoms with E-state index in [9.17, 15) is 4.79 Å². The maximum atomic E-state index is 12.5. The molecule has 2 saturated carbocycles. The molecule has 144 valence electrons. The second kappa shape index (κ2) is 7.15. The van der Waals surface area contributed by atoms with E-state index in [2.05, 4.69) is 22.6 Å². The van der Waals surface area contributed by atoms with Gasteiger partial charge < -0.3 is 10.2 Å². The highest BCUT2D eigenvalue weighted by Gasteiger charge is 2.59. The van der Waals surface area contributed by atoms with E-state index in [0.29, 0.717) is 34.4 Å². The van der Waals surface area contributed by atoms with Crippen molar-refractivity contribution in [2.45, 2.75) is 38.3 Å². The molecule has 0 radical (unpaired) electrons. The van der Waals surface area contributed by atoms with Gasteiger partial charge in [-0.3, -0.25) is 4.79 Å². The fraction of sp³-hybridized carbons (Fsp3) is 0.550. The van der Waals surface area contributed by atoms with Crippen molar-refractivity contribution in [3.63, 3.8) is 0 Å². The highest BCUT2D eigenvalue weighted by Crippen LogP contribution is 2.62. The number of aromatic nitrogens is 3. The molecular formula is C20H26ClN5O. The van der Waals surface area contributed by atoms with Gasteiger partial charge in [-0.25, -0.2) is 4.68 Å². The second-order valence-electron chi connectivity index (χ2n) is 7.98. The van der Waals surface area contributed by atoms with Crippen molar-refractivity contribution < 1.29 is 4.79 Å². The molecule has 6 nitrogen and oxygen atoms in total. The number of nitrogens with zero attached hydrogens (tertiary/aromatic N) is 4. The third-order valence-corrected chi connectivity index (χ3v) is 6.40. The number of halogens is 1. The molecular weight excluding hydrogens is 362 g/mol. The Morgan fingerprint density at radius 3 is 2.52 bits per heavy atom. The van der Waals surface area contributed by atoms with Crippen molar-refractivity contribution >= 4 is 23.3 Å². The van der Waals surface area contributed by atoms with E-state index < -0.39 is 0 Å². The van der Waals surface area contributed by atoms with E-state index in [0.717, 1.165) is 25.1 Å². The van der Waals surface area contributed by atoms with Gasteiger partial charge >= 0.3 is 0 Å². The Bertz CT molecular complexity index is 806. The van der Waals surface area contributed by atoms with Gasteiger partial charge in [0.1, 0.15) is 0 Å².